The zero-order valence-electron chi connectivity index (χ0n) is 12.4. The summed E-state index contributed by atoms with van der Waals surface area (Å²) in [4.78, 5) is 16.4. The van der Waals surface area contributed by atoms with Gasteiger partial charge in [-0.2, -0.15) is 0 Å². The summed E-state index contributed by atoms with van der Waals surface area (Å²) in [5, 5.41) is 8.97. The van der Waals surface area contributed by atoms with Crippen LogP contribution in [0.4, 0.5) is 16.3 Å². The zero-order chi connectivity index (χ0) is 15.2. The van der Waals surface area contributed by atoms with Gasteiger partial charge in [0.2, 0.25) is 0 Å². The molecule has 1 aromatic heterocycles. The Kier molecular flexibility index (Phi) is 4.53. The molecule has 1 aliphatic rings. The maximum absolute atomic E-state index is 11.8. The van der Waals surface area contributed by atoms with E-state index in [2.05, 4.69) is 27.0 Å². The van der Waals surface area contributed by atoms with Crippen LogP contribution in [0.5, 0.6) is 0 Å². The number of benzene rings is 1. The third-order valence-electron chi connectivity index (χ3n) is 3.65. The zero-order valence-corrected chi connectivity index (χ0v) is 12.4. The molecule has 0 saturated carbocycles. The topological polar surface area (TPSA) is 66.0 Å². The molecular formula is C17H20N4O. The van der Waals surface area contributed by atoms with Gasteiger partial charge in [-0.25, -0.2) is 9.78 Å². The lowest BCUT2D eigenvalue weighted by Gasteiger charge is -2.17. The number of amides is 2. The molecule has 0 radical (unpaired) electrons. The van der Waals surface area contributed by atoms with Gasteiger partial charge < -0.3 is 16.0 Å². The summed E-state index contributed by atoms with van der Waals surface area (Å²) >= 11 is 0. The Morgan fingerprint density at radius 2 is 2.05 bits per heavy atom. The van der Waals surface area contributed by atoms with E-state index in [0.29, 0.717) is 6.54 Å². The van der Waals surface area contributed by atoms with Crippen LogP contribution in [0.3, 0.4) is 0 Å². The van der Waals surface area contributed by atoms with Gasteiger partial charge >= 0.3 is 6.03 Å². The number of fused-ring (bicyclic) bond motifs is 1. The minimum atomic E-state index is -0.192. The number of anilines is 2. The van der Waals surface area contributed by atoms with E-state index in [1.807, 2.05) is 36.4 Å². The minimum Gasteiger partial charge on any atom is -0.370 e. The van der Waals surface area contributed by atoms with Gasteiger partial charge in [0.05, 0.1) is 0 Å². The third kappa shape index (κ3) is 3.75. The van der Waals surface area contributed by atoms with E-state index in [-0.39, 0.29) is 6.03 Å². The molecule has 0 bridgehead atoms. The number of nitrogens with one attached hydrogen (secondary N) is 3. The number of carbonyl (C=O) groups is 1. The van der Waals surface area contributed by atoms with Gasteiger partial charge in [0.25, 0.3) is 0 Å². The normalized spacial score (nSPS) is 12.9. The Balaban J connectivity index is 1.47. The predicted octanol–water partition coefficient (Wildman–Crippen LogP) is 2.80. The summed E-state index contributed by atoms with van der Waals surface area (Å²) in [7, 11) is 0. The van der Waals surface area contributed by atoms with Gasteiger partial charge in [-0.05, 0) is 36.6 Å². The average Bonchev–Trinajstić information content (AvgIpc) is 2.55. The van der Waals surface area contributed by atoms with Crippen molar-refractivity contribution in [3.8, 4) is 0 Å². The SMILES string of the molecule is O=C(NCCc1ccc2c(n1)NCCC2)Nc1ccccc1. The van der Waals surface area contributed by atoms with Gasteiger partial charge in [0.15, 0.2) is 0 Å². The van der Waals surface area contributed by atoms with E-state index < -0.39 is 0 Å². The molecule has 2 amide bonds. The highest BCUT2D eigenvalue weighted by molar-refractivity contribution is 5.89. The van der Waals surface area contributed by atoms with Crippen molar-refractivity contribution < 1.29 is 4.79 Å². The number of aryl methyl sites for hydroxylation is 1. The van der Waals surface area contributed by atoms with E-state index in [1.165, 1.54) is 5.56 Å². The van der Waals surface area contributed by atoms with Crippen molar-refractivity contribution in [1.29, 1.82) is 0 Å². The second-order valence-electron chi connectivity index (χ2n) is 5.34. The number of carbonyl (C=O) groups excluding carboxylic acids is 1. The van der Waals surface area contributed by atoms with Crippen LogP contribution in [0.25, 0.3) is 0 Å². The fourth-order valence-electron chi connectivity index (χ4n) is 2.51. The monoisotopic (exact) mass is 296 g/mol. The minimum absolute atomic E-state index is 0.192. The van der Waals surface area contributed by atoms with Crippen molar-refractivity contribution in [2.45, 2.75) is 19.3 Å². The molecule has 0 aliphatic carbocycles. The summed E-state index contributed by atoms with van der Waals surface area (Å²) in [5.74, 6) is 0.998. The molecule has 0 saturated heterocycles. The van der Waals surface area contributed by atoms with E-state index >= 15 is 0 Å². The molecule has 114 valence electrons. The first-order valence-electron chi connectivity index (χ1n) is 7.64. The van der Waals surface area contributed by atoms with Crippen molar-refractivity contribution in [2.75, 3.05) is 23.7 Å². The van der Waals surface area contributed by atoms with Gasteiger partial charge in [0.1, 0.15) is 5.82 Å². The number of hydrogen-bond acceptors (Lipinski definition) is 3. The Bertz CT molecular complexity index is 642. The second kappa shape index (κ2) is 6.93. The number of pyridine rings is 1. The van der Waals surface area contributed by atoms with Gasteiger partial charge in [-0.1, -0.05) is 24.3 Å². The van der Waals surface area contributed by atoms with Crippen LogP contribution >= 0.6 is 0 Å². The molecule has 2 aromatic rings. The second-order valence-corrected chi connectivity index (χ2v) is 5.34. The summed E-state index contributed by atoms with van der Waals surface area (Å²) in [6.07, 6.45) is 2.97. The summed E-state index contributed by atoms with van der Waals surface area (Å²) in [5.41, 5.74) is 3.06. The third-order valence-corrected chi connectivity index (χ3v) is 3.65. The van der Waals surface area contributed by atoms with Crippen molar-refractivity contribution in [2.24, 2.45) is 0 Å². The molecule has 1 aromatic carbocycles. The molecule has 0 fully saturated rings. The van der Waals surface area contributed by atoms with Crippen LogP contribution < -0.4 is 16.0 Å². The summed E-state index contributed by atoms with van der Waals surface area (Å²) in [6, 6.07) is 13.4. The van der Waals surface area contributed by atoms with Crippen molar-refractivity contribution >= 4 is 17.5 Å². The first-order valence-corrected chi connectivity index (χ1v) is 7.64. The van der Waals surface area contributed by atoms with E-state index in [0.717, 1.165) is 43.0 Å². The number of rotatable bonds is 4. The number of aromatic nitrogens is 1. The first kappa shape index (κ1) is 14.4. The Morgan fingerprint density at radius 3 is 2.91 bits per heavy atom. The fourth-order valence-corrected chi connectivity index (χ4v) is 2.51. The molecule has 2 heterocycles. The van der Waals surface area contributed by atoms with Crippen molar-refractivity contribution in [3.05, 3.63) is 53.7 Å². The van der Waals surface area contributed by atoms with Crippen LogP contribution in [-0.2, 0) is 12.8 Å². The smallest absolute Gasteiger partial charge is 0.319 e. The lowest BCUT2D eigenvalue weighted by Crippen LogP contribution is -2.30. The molecule has 5 heteroatoms. The number of nitrogens with zero attached hydrogens (tertiary/aromatic N) is 1. The highest BCUT2D eigenvalue weighted by Crippen LogP contribution is 2.19. The van der Waals surface area contributed by atoms with E-state index in [9.17, 15) is 4.79 Å². The van der Waals surface area contributed by atoms with Crippen LogP contribution in [0, 0.1) is 0 Å². The standard InChI is InChI=1S/C17H20N4O/c22-17(21-14-6-2-1-3-7-14)19-12-10-15-9-8-13-5-4-11-18-16(13)20-15/h1-3,6-9H,4-5,10-12H2,(H,18,20)(H2,19,21,22). The van der Waals surface area contributed by atoms with E-state index in [4.69, 9.17) is 0 Å². The lowest BCUT2D eigenvalue weighted by molar-refractivity contribution is 0.252. The van der Waals surface area contributed by atoms with Crippen molar-refractivity contribution in [1.82, 2.24) is 10.3 Å². The van der Waals surface area contributed by atoms with Crippen LogP contribution in [-0.4, -0.2) is 24.1 Å². The highest BCUT2D eigenvalue weighted by Gasteiger charge is 2.10. The molecular weight excluding hydrogens is 276 g/mol. The van der Waals surface area contributed by atoms with E-state index in [1.54, 1.807) is 0 Å². The van der Waals surface area contributed by atoms with Crippen LogP contribution in [0.2, 0.25) is 0 Å². The quantitative estimate of drug-likeness (QED) is 0.813. The van der Waals surface area contributed by atoms with Gasteiger partial charge in [-0.3, -0.25) is 0 Å². The molecule has 3 N–H and O–H groups in total. The maximum atomic E-state index is 11.8. The van der Waals surface area contributed by atoms with Crippen molar-refractivity contribution in [3.63, 3.8) is 0 Å². The number of hydrogen-bond donors (Lipinski definition) is 3. The Hall–Kier alpha value is -2.56. The molecule has 5 nitrogen and oxygen atoms in total. The molecule has 22 heavy (non-hydrogen) atoms. The first-order chi connectivity index (χ1) is 10.8. The fraction of sp³-hybridized carbons (Fsp3) is 0.294. The molecule has 0 unspecified atom stereocenters. The molecule has 0 spiro atoms. The molecule has 1 aliphatic heterocycles. The predicted molar refractivity (Wildman–Crippen MR) is 88.2 cm³/mol. The van der Waals surface area contributed by atoms with Gasteiger partial charge in [0, 0.05) is 30.9 Å². The molecule has 0 atom stereocenters. The highest BCUT2D eigenvalue weighted by atomic mass is 16.2. The number of para-hydroxylation sites is 1. The Morgan fingerprint density at radius 1 is 1.18 bits per heavy atom. The number of urea groups is 1. The van der Waals surface area contributed by atoms with Crippen LogP contribution in [0.1, 0.15) is 17.7 Å². The Labute approximate surface area is 130 Å². The lowest BCUT2D eigenvalue weighted by atomic mass is 10.1. The summed E-state index contributed by atoms with van der Waals surface area (Å²) < 4.78 is 0. The summed E-state index contributed by atoms with van der Waals surface area (Å²) in [6.45, 7) is 1.55. The van der Waals surface area contributed by atoms with Gasteiger partial charge in [-0.15, -0.1) is 0 Å². The van der Waals surface area contributed by atoms with Crippen LogP contribution in [0.15, 0.2) is 42.5 Å². The maximum Gasteiger partial charge on any atom is 0.319 e. The largest absolute Gasteiger partial charge is 0.370 e. The molecule has 3 rings (SSSR count). The average molecular weight is 296 g/mol.